The van der Waals surface area contributed by atoms with Gasteiger partial charge in [-0.25, -0.2) is 4.79 Å². The number of carbonyl (C=O) groups is 2. The van der Waals surface area contributed by atoms with Crippen molar-refractivity contribution in [3.8, 4) is 0 Å². The van der Waals surface area contributed by atoms with Gasteiger partial charge in [0.1, 0.15) is 55.4 Å². The van der Waals surface area contributed by atoms with Gasteiger partial charge in [0.15, 0.2) is 18.7 Å². The number of esters is 1. The number of aliphatic carboxylic acids is 1. The topological polar surface area (TPSA) is 262 Å². The summed E-state index contributed by atoms with van der Waals surface area (Å²) in [6.07, 6.45) is -7.78. The van der Waals surface area contributed by atoms with Crippen LogP contribution in [-0.4, -0.2) is 151 Å². The summed E-state index contributed by atoms with van der Waals surface area (Å²) in [6, 6.07) is 0. The standard InChI is InChI=1S/C30H54O16/c1-17(32)43-16-21-27(46-30-25(38)23(36)22(35)20(15-31)44-30)24(37)26(39)29(45-21)42-14-13-18(33)11-9-7-5-3-2-4-6-8-10-12-19(34)28(40)41/h18-27,29-31,33-39H,2-16H2,1H3,(H,40,41)/t18-,19+,20+,21+,22+,23-,24+,25+,26+,27+,29+,30-/m0/s1. The summed E-state index contributed by atoms with van der Waals surface area (Å²) in [5.41, 5.74) is 0. The highest BCUT2D eigenvalue weighted by Crippen LogP contribution is 2.30. The van der Waals surface area contributed by atoms with Gasteiger partial charge in [-0.05, 0) is 19.3 Å². The van der Waals surface area contributed by atoms with Crippen molar-refractivity contribution < 1.29 is 79.2 Å². The van der Waals surface area contributed by atoms with Crippen LogP contribution < -0.4 is 0 Å². The molecule has 270 valence electrons. The minimum atomic E-state index is -1.78. The minimum absolute atomic E-state index is 0.0162. The number of carbonyl (C=O) groups excluding carboxylic acids is 1. The smallest absolute Gasteiger partial charge is 0.332 e. The van der Waals surface area contributed by atoms with Crippen LogP contribution in [-0.2, 0) is 33.3 Å². The fourth-order valence-electron chi connectivity index (χ4n) is 5.42. The average Bonchev–Trinajstić information content (AvgIpc) is 3.02. The molecule has 0 aromatic heterocycles. The lowest BCUT2D eigenvalue weighted by atomic mass is 9.97. The highest BCUT2D eigenvalue weighted by molar-refractivity contribution is 5.71. The number of aliphatic hydroxyl groups is 8. The maximum absolute atomic E-state index is 11.4. The molecule has 16 heteroatoms. The van der Waals surface area contributed by atoms with Crippen LogP contribution >= 0.6 is 0 Å². The van der Waals surface area contributed by atoms with E-state index >= 15 is 0 Å². The molecule has 0 aromatic carbocycles. The van der Waals surface area contributed by atoms with Gasteiger partial charge in [-0.2, -0.15) is 0 Å². The van der Waals surface area contributed by atoms with E-state index in [-0.39, 0.29) is 19.4 Å². The Hall–Kier alpha value is -1.54. The van der Waals surface area contributed by atoms with E-state index in [0.717, 1.165) is 58.3 Å². The summed E-state index contributed by atoms with van der Waals surface area (Å²) >= 11 is 0. The monoisotopic (exact) mass is 670 g/mol. The summed E-state index contributed by atoms with van der Waals surface area (Å²) < 4.78 is 27.3. The second kappa shape index (κ2) is 21.4. The van der Waals surface area contributed by atoms with Gasteiger partial charge >= 0.3 is 11.9 Å². The van der Waals surface area contributed by atoms with Crippen molar-refractivity contribution >= 4 is 11.9 Å². The summed E-state index contributed by atoms with van der Waals surface area (Å²) in [5.74, 6) is -1.84. The largest absolute Gasteiger partial charge is 0.479 e. The lowest BCUT2D eigenvalue weighted by Gasteiger charge is -2.46. The SMILES string of the molecule is CC(=O)OC[C@H]1O[C@@H](OCC[C@@H](O)CCCCCCCCCCC[C@@H](O)C(=O)O)[C@H](O)[C@@H](O)[C@@H]1O[C@@H]1O[C@H](CO)[C@@H](O)[C@H](O)[C@H]1O. The molecule has 16 nitrogen and oxygen atoms in total. The highest BCUT2D eigenvalue weighted by atomic mass is 16.7. The second-order valence-corrected chi connectivity index (χ2v) is 12.1. The quantitative estimate of drug-likeness (QED) is 0.0478. The Morgan fingerprint density at radius 3 is 1.80 bits per heavy atom. The van der Waals surface area contributed by atoms with Crippen molar-refractivity contribution in [1.82, 2.24) is 0 Å². The van der Waals surface area contributed by atoms with Crippen LogP contribution in [0.4, 0.5) is 0 Å². The van der Waals surface area contributed by atoms with Gasteiger partial charge < -0.3 is 69.6 Å². The van der Waals surface area contributed by atoms with E-state index < -0.39 is 98.8 Å². The molecule has 2 fully saturated rings. The maximum Gasteiger partial charge on any atom is 0.332 e. The fourth-order valence-corrected chi connectivity index (χ4v) is 5.42. The lowest BCUT2D eigenvalue weighted by molar-refractivity contribution is -0.359. The van der Waals surface area contributed by atoms with Gasteiger partial charge in [0.05, 0.1) is 19.3 Å². The summed E-state index contributed by atoms with van der Waals surface area (Å²) in [7, 11) is 0. The van der Waals surface area contributed by atoms with Crippen LogP contribution in [0, 0.1) is 0 Å². The minimum Gasteiger partial charge on any atom is -0.479 e. The van der Waals surface area contributed by atoms with E-state index in [1.165, 1.54) is 0 Å². The molecule has 12 atom stereocenters. The number of ether oxygens (including phenoxy) is 5. The molecule has 0 unspecified atom stereocenters. The zero-order chi connectivity index (χ0) is 34.2. The molecule has 2 rings (SSSR count). The van der Waals surface area contributed by atoms with Crippen LogP contribution in [0.5, 0.6) is 0 Å². The number of hydrogen-bond acceptors (Lipinski definition) is 15. The molecule has 0 radical (unpaired) electrons. The van der Waals surface area contributed by atoms with Gasteiger partial charge in [-0.15, -0.1) is 0 Å². The van der Waals surface area contributed by atoms with Gasteiger partial charge in [0, 0.05) is 6.92 Å². The molecule has 0 bridgehead atoms. The van der Waals surface area contributed by atoms with E-state index in [0.29, 0.717) is 12.8 Å². The highest BCUT2D eigenvalue weighted by Gasteiger charge is 2.51. The van der Waals surface area contributed by atoms with E-state index in [9.17, 15) is 50.4 Å². The zero-order valence-electron chi connectivity index (χ0n) is 26.4. The molecular weight excluding hydrogens is 616 g/mol. The number of aliphatic hydroxyl groups excluding tert-OH is 8. The van der Waals surface area contributed by atoms with E-state index in [4.69, 9.17) is 28.8 Å². The second-order valence-electron chi connectivity index (χ2n) is 12.1. The Balaban J connectivity index is 1.71. The van der Waals surface area contributed by atoms with Crippen LogP contribution in [0.2, 0.25) is 0 Å². The van der Waals surface area contributed by atoms with E-state index in [1.54, 1.807) is 0 Å². The number of unbranched alkanes of at least 4 members (excludes halogenated alkanes) is 8. The first-order valence-electron chi connectivity index (χ1n) is 16.2. The van der Waals surface area contributed by atoms with Crippen LogP contribution in [0.25, 0.3) is 0 Å². The van der Waals surface area contributed by atoms with Crippen LogP contribution in [0.1, 0.15) is 84.0 Å². The van der Waals surface area contributed by atoms with Crippen molar-refractivity contribution in [1.29, 1.82) is 0 Å². The third-order valence-electron chi connectivity index (χ3n) is 8.26. The third-order valence-corrected chi connectivity index (χ3v) is 8.26. The number of carboxylic acids is 1. The van der Waals surface area contributed by atoms with Crippen molar-refractivity contribution in [3.05, 3.63) is 0 Å². The predicted octanol–water partition coefficient (Wildman–Crippen LogP) is -1.31. The van der Waals surface area contributed by atoms with Crippen LogP contribution in [0.3, 0.4) is 0 Å². The molecule has 0 aliphatic carbocycles. The molecule has 2 aliphatic rings. The number of rotatable bonds is 22. The fraction of sp³-hybridized carbons (Fsp3) is 0.933. The normalized spacial score (nSPS) is 33.0. The maximum atomic E-state index is 11.4. The molecule has 0 saturated carbocycles. The Morgan fingerprint density at radius 1 is 0.696 bits per heavy atom. The predicted molar refractivity (Wildman–Crippen MR) is 157 cm³/mol. The molecular formula is C30H54O16. The third kappa shape index (κ3) is 13.5. The van der Waals surface area contributed by atoms with Gasteiger partial charge in [0.2, 0.25) is 0 Å². The van der Waals surface area contributed by atoms with Crippen molar-refractivity contribution in [2.45, 2.75) is 158 Å². The molecule has 2 heterocycles. The van der Waals surface area contributed by atoms with Crippen molar-refractivity contribution in [2.75, 3.05) is 19.8 Å². The summed E-state index contributed by atoms with van der Waals surface area (Å²) in [5, 5.41) is 89.6. The zero-order valence-corrected chi connectivity index (χ0v) is 26.4. The molecule has 2 aliphatic heterocycles. The summed E-state index contributed by atoms with van der Waals surface area (Å²) in [6.45, 7) is 0.00142. The van der Waals surface area contributed by atoms with Crippen LogP contribution in [0.15, 0.2) is 0 Å². The Kier molecular flexibility index (Phi) is 18.9. The molecule has 9 N–H and O–H groups in total. The summed E-state index contributed by atoms with van der Waals surface area (Å²) in [4.78, 5) is 22.0. The van der Waals surface area contributed by atoms with E-state index in [1.807, 2.05) is 0 Å². The van der Waals surface area contributed by atoms with Gasteiger partial charge in [-0.1, -0.05) is 57.8 Å². The Labute approximate surface area is 268 Å². The van der Waals surface area contributed by atoms with Crippen molar-refractivity contribution in [2.24, 2.45) is 0 Å². The first-order valence-corrected chi connectivity index (χ1v) is 16.2. The molecule has 0 spiro atoms. The van der Waals surface area contributed by atoms with Gasteiger partial charge in [-0.3, -0.25) is 4.79 Å². The van der Waals surface area contributed by atoms with Crippen molar-refractivity contribution in [3.63, 3.8) is 0 Å². The Bertz CT molecular complexity index is 861. The lowest BCUT2D eigenvalue weighted by Crippen LogP contribution is -2.64. The van der Waals surface area contributed by atoms with E-state index in [2.05, 4.69) is 0 Å². The van der Waals surface area contributed by atoms with Gasteiger partial charge in [0.25, 0.3) is 0 Å². The average molecular weight is 671 g/mol. The molecule has 0 amide bonds. The number of hydrogen-bond donors (Lipinski definition) is 9. The number of carboxylic acid groups (broad SMARTS) is 1. The first-order chi connectivity index (χ1) is 21.9. The molecule has 0 aromatic rings. The molecule has 2 saturated heterocycles. The molecule has 46 heavy (non-hydrogen) atoms. The first kappa shape index (κ1) is 40.6. The Morgan fingerprint density at radius 2 is 1.24 bits per heavy atom.